The van der Waals surface area contributed by atoms with Crippen molar-refractivity contribution in [3.63, 3.8) is 0 Å². The van der Waals surface area contributed by atoms with Crippen LogP contribution < -0.4 is 18.9 Å². The molecule has 2 aromatic rings. The fraction of sp³-hybridized carbons (Fsp3) is 0.333. The second-order valence-electron chi connectivity index (χ2n) is 6.07. The maximum absolute atomic E-state index is 12.6. The van der Waals surface area contributed by atoms with E-state index in [1.807, 2.05) is 19.9 Å². The standard InChI is InChI=1S/C18H21NO5S/c1-12(2)15-9-14(5-7-16(15)22-3)25(20,21)19-10-13-4-6-17-18(8-13)24-11-23-17/h4-9,12,19H,10-11H2,1-3H3. The Morgan fingerprint density at radius 3 is 2.60 bits per heavy atom. The third-order valence-electron chi connectivity index (χ3n) is 4.04. The number of rotatable bonds is 6. The van der Waals surface area contributed by atoms with Gasteiger partial charge in [-0.1, -0.05) is 19.9 Å². The van der Waals surface area contributed by atoms with E-state index in [0.29, 0.717) is 17.2 Å². The molecule has 1 heterocycles. The van der Waals surface area contributed by atoms with E-state index >= 15 is 0 Å². The van der Waals surface area contributed by atoms with Gasteiger partial charge in [-0.05, 0) is 47.4 Å². The lowest BCUT2D eigenvalue weighted by Crippen LogP contribution is -2.23. The SMILES string of the molecule is COc1ccc(S(=O)(=O)NCc2ccc3c(c2)OCO3)cc1C(C)C. The van der Waals surface area contributed by atoms with E-state index in [-0.39, 0.29) is 24.2 Å². The molecule has 134 valence electrons. The second kappa shape index (κ2) is 6.93. The molecule has 25 heavy (non-hydrogen) atoms. The van der Waals surface area contributed by atoms with Crippen LogP contribution in [-0.4, -0.2) is 22.3 Å². The number of hydrogen-bond acceptors (Lipinski definition) is 5. The van der Waals surface area contributed by atoms with Gasteiger partial charge in [-0.25, -0.2) is 13.1 Å². The Morgan fingerprint density at radius 2 is 1.88 bits per heavy atom. The molecule has 1 N–H and O–H groups in total. The van der Waals surface area contributed by atoms with E-state index in [1.54, 1.807) is 37.4 Å². The monoisotopic (exact) mass is 363 g/mol. The Morgan fingerprint density at radius 1 is 1.12 bits per heavy atom. The lowest BCUT2D eigenvalue weighted by Gasteiger charge is -2.14. The van der Waals surface area contributed by atoms with Crippen molar-refractivity contribution in [3.8, 4) is 17.2 Å². The van der Waals surface area contributed by atoms with Crippen molar-refractivity contribution in [3.05, 3.63) is 47.5 Å². The summed E-state index contributed by atoms with van der Waals surface area (Å²) in [6, 6.07) is 10.3. The Kier molecular flexibility index (Phi) is 4.87. The third-order valence-corrected chi connectivity index (χ3v) is 5.44. The molecule has 2 aromatic carbocycles. The van der Waals surface area contributed by atoms with E-state index in [9.17, 15) is 8.42 Å². The van der Waals surface area contributed by atoms with E-state index in [2.05, 4.69) is 4.72 Å². The van der Waals surface area contributed by atoms with Gasteiger partial charge in [-0.15, -0.1) is 0 Å². The minimum atomic E-state index is -3.63. The van der Waals surface area contributed by atoms with Crippen LogP contribution in [0.4, 0.5) is 0 Å². The van der Waals surface area contributed by atoms with Crippen LogP contribution in [0.3, 0.4) is 0 Å². The molecule has 0 atom stereocenters. The molecular formula is C18H21NO5S. The van der Waals surface area contributed by atoms with Gasteiger partial charge in [0.2, 0.25) is 16.8 Å². The number of sulfonamides is 1. The van der Waals surface area contributed by atoms with Crippen molar-refractivity contribution in [2.75, 3.05) is 13.9 Å². The minimum Gasteiger partial charge on any atom is -0.496 e. The number of nitrogens with one attached hydrogen (secondary N) is 1. The van der Waals surface area contributed by atoms with Crippen LogP contribution in [0.25, 0.3) is 0 Å². The fourth-order valence-corrected chi connectivity index (χ4v) is 3.70. The van der Waals surface area contributed by atoms with Crippen molar-refractivity contribution < 1.29 is 22.6 Å². The van der Waals surface area contributed by atoms with Crippen LogP contribution in [0, 0.1) is 0 Å². The first kappa shape index (κ1) is 17.6. The first-order valence-electron chi connectivity index (χ1n) is 7.97. The summed E-state index contributed by atoms with van der Waals surface area (Å²) in [6.45, 7) is 4.35. The number of fused-ring (bicyclic) bond motifs is 1. The molecule has 0 saturated heterocycles. The van der Waals surface area contributed by atoms with Gasteiger partial charge < -0.3 is 14.2 Å². The van der Waals surface area contributed by atoms with Gasteiger partial charge in [-0.2, -0.15) is 0 Å². The zero-order valence-corrected chi connectivity index (χ0v) is 15.2. The van der Waals surface area contributed by atoms with Gasteiger partial charge >= 0.3 is 0 Å². The summed E-state index contributed by atoms with van der Waals surface area (Å²) in [5.74, 6) is 2.13. The number of hydrogen-bond donors (Lipinski definition) is 1. The van der Waals surface area contributed by atoms with E-state index in [1.165, 1.54) is 0 Å². The average Bonchev–Trinajstić information content (AvgIpc) is 3.07. The van der Waals surface area contributed by atoms with Crippen LogP contribution in [-0.2, 0) is 16.6 Å². The highest BCUT2D eigenvalue weighted by Crippen LogP contribution is 2.33. The molecule has 0 aliphatic carbocycles. The smallest absolute Gasteiger partial charge is 0.240 e. The first-order valence-corrected chi connectivity index (χ1v) is 9.45. The van der Waals surface area contributed by atoms with Crippen LogP contribution in [0.2, 0.25) is 0 Å². The van der Waals surface area contributed by atoms with Crippen LogP contribution in [0.15, 0.2) is 41.3 Å². The zero-order chi connectivity index (χ0) is 18.0. The molecule has 0 aromatic heterocycles. The maximum Gasteiger partial charge on any atom is 0.240 e. The summed E-state index contributed by atoms with van der Waals surface area (Å²) in [5, 5.41) is 0. The molecule has 1 aliphatic heterocycles. The van der Waals surface area contributed by atoms with Gasteiger partial charge in [0, 0.05) is 6.54 Å². The fourth-order valence-electron chi connectivity index (χ4n) is 2.64. The molecule has 0 saturated carbocycles. The lowest BCUT2D eigenvalue weighted by atomic mass is 10.0. The normalized spacial score (nSPS) is 13.3. The molecule has 0 unspecified atom stereocenters. The average molecular weight is 363 g/mol. The summed E-state index contributed by atoms with van der Waals surface area (Å²) in [5.41, 5.74) is 1.65. The Balaban J connectivity index is 1.79. The molecular weight excluding hydrogens is 342 g/mol. The second-order valence-corrected chi connectivity index (χ2v) is 7.84. The summed E-state index contributed by atoms with van der Waals surface area (Å²) < 4.78 is 43.7. The highest BCUT2D eigenvalue weighted by Gasteiger charge is 2.19. The van der Waals surface area contributed by atoms with Gasteiger partial charge in [0.25, 0.3) is 0 Å². The topological polar surface area (TPSA) is 73.9 Å². The quantitative estimate of drug-likeness (QED) is 0.854. The molecule has 0 spiro atoms. The Hall–Kier alpha value is -2.25. The minimum absolute atomic E-state index is 0.152. The molecule has 0 amide bonds. The van der Waals surface area contributed by atoms with E-state index < -0.39 is 10.0 Å². The van der Waals surface area contributed by atoms with Gasteiger partial charge in [0.1, 0.15) is 5.75 Å². The molecule has 6 nitrogen and oxygen atoms in total. The molecule has 1 aliphatic rings. The van der Waals surface area contributed by atoms with Crippen LogP contribution in [0.1, 0.15) is 30.9 Å². The van der Waals surface area contributed by atoms with Crippen LogP contribution >= 0.6 is 0 Å². The first-order chi connectivity index (χ1) is 11.9. The van der Waals surface area contributed by atoms with Crippen molar-refractivity contribution in [1.82, 2.24) is 4.72 Å². The van der Waals surface area contributed by atoms with Crippen molar-refractivity contribution in [1.29, 1.82) is 0 Å². The molecule has 0 radical (unpaired) electrons. The Bertz CT molecular complexity index is 877. The Labute approximate surface area is 147 Å². The highest BCUT2D eigenvalue weighted by molar-refractivity contribution is 7.89. The van der Waals surface area contributed by atoms with Crippen molar-refractivity contribution >= 4 is 10.0 Å². The van der Waals surface area contributed by atoms with Gasteiger partial charge in [-0.3, -0.25) is 0 Å². The highest BCUT2D eigenvalue weighted by atomic mass is 32.2. The predicted octanol–water partition coefficient (Wildman–Crippen LogP) is 3.03. The predicted molar refractivity (Wildman–Crippen MR) is 93.7 cm³/mol. The van der Waals surface area contributed by atoms with Crippen molar-refractivity contribution in [2.24, 2.45) is 0 Å². The van der Waals surface area contributed by atoms with Crippen molar-refractivity contribution in [2.45, 2.75) is 31.2 Å². The summed E-state index contributed by atoms with van der Waals surface area (Å²) >= 11 is 0. The maximum atomic E-state index is 12.6. The number of methoxy groups -OCH3 is 1. The molecule has 0 fully saturated rings. The summed E-state index contributed by atoms with van der Waals surface area (Å²) in [4.78, 5) is 0.220. The van der Waals surface area contributed by atoms with Gasteiger partial charge in [0.15, 0.2) is 11.5 Å². The van der Waals surface area contributed by atoms with Gasteiger partial charge in [0.05, 0.1) is 12.0 Å². The molecule has 0 bridgehead atoms. The third kappa shape index (κ3) is 3.72. The van der Waals surface area contributed by atoms with Crippen LogP contribution in [0.5, 0.6) is 17.2 Å². The molecule has 7 heteroatoms. The lowest BCUT2D eigenvalue weighted by molar-refractivity contribution is 0.174. The number of benzene rings is 2. The van der Waals surface area contributed by atoms with E-state index in [0.717, 1.165) is 11.1 Å². The van der Waals surface area contributed by atoms with E-state index in [4.69, 9.17) is 14.2 Å². The summed E-state index contributed by atoms with van der Waals surface area (Å²) in [7, 11) is -2.05. The number of ether oxygens (including phenoxy) is 3. The largest absolute Gasteiger partial charge is 0.496 e. The summed E-state index contributed by atoms with van der Waals surface area (Å²) in [6.07, 6.45) is 0. The zero-order valence-electron chi connectivity index (χ0n) is 14.4. The molecule has 3 rings (SSSR count).